The third-order valence-corrected chi connectivity index (χ3v) is 3.23. The zero-order valence-corrected chi connectivity index (χ0v) is 12.3. The van der Waals surface area contributed by atoms with Crippen molar-refractivity contribution in [1.29, 1.82) is 0 Å². The van der Waals surface area contributed by atoms with Crippen LogP contribution in [0.2, 0.25) is 0 Å². The molecule has 0 saturated carbocycles. The Bertz CT molecular complexity index is 494. The summed E-state index contributed by atoms with van der Waals surface area (Å²) < 4.78 is 13.4. The number of amides is 2. The van der Waals surface area contributed by atoms with Crippen molar-refractivity contribution in [2.75, 3.05) is 13.1 Å². The maximum absolute atomic E-state index is 13.4. The lowest BCUT2D eigenvalue weighted by Crippen LogP contribution is -2.46. The van der Waals surface area contributed by atoms with Crippen LogP contribution in [0.4, 0.5) is 9.18 Å². The second-order valence-electron chi connectivity index (χ2n) is 4.81. The van der Waals surface area contributed by atoms with Gasteiger partial charge in [0.1, 0.15) is 5.82 Å². The van der Waals surface area contributed by atoms with Gasteiger partial charge < -0.3 is 15.3 Å². The molecule has 6 heteroatoms. The quantitative estimate of drug-likeness (QED) is 0.811. The normalized spacial score (nSPS) is 11.8. The van der Waals surface area contributed by atoms with Gasteiger partial charge in [0, 0.05) is 19.1 Å². The Labute approximate surface area is 123 Å². The molecule has 0 saturated heterocycles. The highest BCUT2D eigenvalue weighted by Crippen LogP contribution is 2.07. The van der Waals surface area contributed by atoms with E-state index in [1.54, 1.807) is 32.0 Å². The minimum absolute atomic E-state index is 0.103. The number of halogens is 1. The molecule has 0 aliphatic heterocycles. The predicted molar refractivity (Wildman–Crippen MR) is 77.6 cm³/mol. The molecule has 116 valence electrons. The summed E-state index contributed by atoms with van der Waals surface area (Å²) in [7, 11) is 0. The van der Waals surface area contributed by atoms with Gasteiger partial charge in [-0.3, -0.25) is 4.79 Å². The molecule has 1 aromatic rings. The summed E-state index contributed by atoms with van der Waals surface area (Å²) in [6.45, 7) is 4.19. The Hall–Kier alpha value is -2.11. The Kier molecular flexibility index (Phi) is 6.65. The third kappa shape index (κ3) is 5.41. The van der Waals surface area contributed by atoms with Crippen molar-refractivity contribution in [3.05, 3.63) is 35.6 Å². The summed E-state index contributed by atoms with van der Waals surface area (Å²) in [4.78, 5) is 24.1. The highest BCUT2D eigenvalue weighted by atomic mass is 19.1. The molecule has 0 radical (unpaired) electrons. The van der Waals surface area contributed by atoms with Crippen LogP contribution in [0.3, 0.4) is 0 Å². The first-order valence-corrected chi connectivity index (χ1v) is 6.95. The number of hydrogen-bond donors (Lipinski definition) is 2. The van der Waals surface area contributed by atoms with Gasteiger partial charge in [0.2, 0.25) is 0 Å². The zero-order valence-electron chi connectivity index (χ0n) is 12.3. The molecule has 0 fully saturated rings. The van der Waals surface area contributed by atoms with Gasteiger partial charge in [-0.25, -0.2) is 9.18 Å². The second-order valence-corrected chi connectivity index (χ2v) is 4.81. The standard InChI is InChI=1S/C15H21FN2O3/c1-3-18(11(2)10-14(19)20)15(21)17-9-8-12-6-4-5-7-13(12)16/h4-7,11H,3,8-10H2,1-2H3,(H,17,21)(H,19,20). The SMILES string of the molecule is CCN(C(=O)NCCc1ccccc1F)C(C)CC(=O)O. The summed E-state index contributed by atoms with van der Waals surface area (Å²) in [6.07, 6.45) is 0.290. The van der Waals surface area contributed by atoms with Crippen molar-refractivity contribution in [2.45, 2.75) is 32.7 Å². The fraction of sp³-hybridized carbons (Fsp3) is 0.467. The smallest absolute Gasteiger partial charge is 0.317 e. The molecule has 0 aliphatic rings. The minimum Gasteiger partial charge on any atom is -0.481 e. The monoisotopic (exact) mass is 296 g/mol. The van der Waals surface area contributed by atoms with Crippen molar-refractivity contribution < 1.29 is 19.1 Å². The lowest BCUT2D eigenvalue weighted by molar-refractivity contribution is -0.138. The average molecular weight is 296 g/mol. The second kappa shape index (κ2) is 8.24. The van der Waals surface area contributed by atoms with Gasteiger partial charge in [0.15, 0.2) is 0 Å². The lowest BCUT2D eigenvalue weighted by Gasteiger charge is -2.27. The number of urea groups is 1. The molecule has 2 N–H and O–H groups in total. The van der Waals surface area contributed by atoms with Gasteiger partial charge in [-0.2, -0.15) is 0 Å². The largest absolute Gasteiger partial charge is 0.481 e. The van der Waals surface area contributed by atoms with Crippen LogP contribution in [0.1, 0.15) is 25.8 Å². The Balaban J connectivity index is 2.48. The van der Waals surface area contributed by atoms with Gasteiger partial charge in [-0.1, -0.05) is 18.2 Å². The number of carboxylic acid groups (broad SMARTS) is 1. The summed E-state index contributed by atoms with van der Waals surface area (Å²) in [5.41, 5.74) is 0.541. The molecule has 0 bridgehead atoms. The van der Waals surface area contributed by atoms with E-state index in [1.165, 1.54) is 11.0 Å². The average Bonchev–Trinajstić information content (AvgIpc) is 2.41. The molecule has 0 spiro atoms. The number of rotatable bonds is 7. The molecule has 1 unspecified atom stereocenters. The number of aliphatic carboxylic acids is 1. The molecule has 5 nitrogen and oxygen atoms in total. The van der Waals surface area contributed by atoms with Gasteiger partial charge >= 0.3 is 12.0 Å². The van der Waals surface area contributed by atoms with E-state index in [4.69, 9.17) is 5.11 Å². The number of nitrogens with zero attached hydrogens (tertiary/aromatic N) is 1. The number of nitrogens with one attached hydrogen (secondary N) is 1. The molecule has 0 aromatic heterocycles. The Morgan fingerprint density at radius 2 is 2.05 bits per heavy atom. The maximum atomic E-state index is 13.4. The van der Waals surface area contributed by atoms with E-state index >= 15 is 0 Å². The number of benzene rings is 1. The molecule has 0 aliphatic carbocycles. The molecular formula is C15H21FN2O3. The van der Waals surface area contributed by atoms with E-state index in [2.05, 4.69) is 5.32 Å². The maximum Gasteiger partial charge on any atom is 0.317 e. The van der Waals surface area contributed by atoms with Crippen molar-refractivity contribution in [2.24, 2.45) is 0 Å². The minimum atomic E-state index is -0.944. The fourth-order valence-corrected chi connectivity index (χ4v) is 2.13. The van der Waals surface area contributed by atoms with Crippen LogP contribution < -0.4 is 5.32 Å². The lowest BCUT2D eigenvalue weighted by atomic mass is 10.1. The summed E-state index contributed by atoms with van der Waals surface area (Å²) >= 11 is 0. The van der Waals surface area contributed by atoms with Gasteiger partial charge in [-0.05, 0) is 31.9 Å². The summed E-state index contributed by atoms with van der Waals surface area (Å²) in [5.74, 6) is -1.24. The number of carboxylic acids is 1. The first-order chi connectivity index (χ1) is 9.95. The van der Waals surface area contributed by atoms with Crippen molar-refractivity contribution in [3.63, 3.8) is 0 Å². The topological polar surface area (TPSA) is 69.6 Å². The van der Waals surface area contributed by atoms with Crippen molar-refractivity contribution >= 4 is 12.0 Å². The number of carbonyl (C=O) groups excluding carboxylic acids is 1. The first-order valence-electron chi connectivity index (χ1n) is 6.95. The van der Waals surface area contributed by atoms with E-state index in [0.29, 0.717) is 25.1 Å². The van der Waals surface area contributed by atoms with Gasteiger partial charge in [0.25, 0.3) is 0 Å². The van der Waals surface area contributed by atoms with E-state index in [9.17, 15) is 14.0 Å². The molecule has 1 rings (SSSR count). The van der Waals surface area contributed by atoms with Gasteiger partial charge in [0.05, 0.1) is 6.42 Å². The summed E-state index contributed by atoms with van der Waals surface area (Å²) in [5, 5.41) is 11.5. The van der Waals surface area contributed by atoms with Crippen molar-refractivity contribution in [1.82, 2.24) is 10.2 Å². The number of carbonyl (C=O) groups is 2. The van der Waals surface area contributed by atoms with E-state index in [0.717, 1.165) is 0 Å². The van der Waals surface area contributed by atoms with Crippen LogP contribution in [-0.2, 0) is 11.2 Å². The molecule has 1 atom stereocenters. The van der Waals surface area contributed by atoms with Crippen LogP contribution in [0.25, 0.3) is 0 Å². The van der Waals surface area contributed by atoms with E-state index in [1.807, 2.05) is 0 Å². The number of hydrogen-bond acceptors (Lipinski definition) is 2. The predicted octanol–water partition coefficient (Wildman–Crippen LogP) is 2.26. The molecule has 21 heavy (non-hydrogen) atoms. The Morgan fingerprint density at radius 3 is 2.62 bits per heavy atom. The van der Waals surface area contributed by atoms with Crippen LogP contribution >= 0.6 is 0 Å². The van der Waals surface area contributed by atoms with Crippen LogP contribution in [0.15, 0.2) is 24.3 Å². The molecule has 1 aromatic carbocycles. The molecule has 0 heterocycles. The van der Waals surface area contributed by atoms with Crippen LogP contribution in [0, 0.1) is 5.82 Å². The van der Waals surface area contributed by atoms with E-state index < -0.39 is 5.97 Å². The summed E-state index contributed by atoms with van der Waals surface area (Å²) in [6, 6.07) is 5.69. The highest BCUT2D eigenvalue weighted by Gasteiger charge is 2.20. The van der Waals surface area contributed by atoms with Crippen LogP contribution in [0.5, 0.6) is 0 Å². The Morgan fingerprint density at radius 1 is 1.38 bits per heavy atom. The first kappa shape index (κ1) is 16.9. The van der Waals surface area contributed by atoms with Crippen LogP contribution in [-0.4, -0.2) is 41.1 Å². The zero-order chi connectivity index (χ0) is 15.8. The van der Waals surface area contributed by atoms with Crippen molar-refractivity contribution in [3.8, 4) is 0 Å². The van der Waals surface area contributed by atoms with E-state index in [-0.39, 0.29) is 24.3 Å². The fourth-order valence-electron chi connectivity index (χ4n) is 2.13. The highest BCUT2D eigenvalue weighted by molar-refractivity contribution is 5.75. The molecular weight excluding hydrogens is 275 g/mol. The van der Waals surface area contributed by atoms with Gasteiger partial charge in [-0.15, -0.1) is 0 Å². The molecule has 2 amide bonds. The third-order valence-electron chi connectivity index (χ3n) is 3.23.